The summed E-state index contributed by atoms with van der Waals surface area (Å²) in [5.74, 6) is 0.285. The lowest BCUT2D eigenvalue weighted by Gasteiger charge is -2.18. The zero-order chi connectivity index (χ0) is 19.1. The third-order valence-electron chi connectivity index (χ3n) is 5.23. The summed E-state index contributed by atoms with van der Waals surface area (Å²) in [7, 11) is 0. The second kappa shape index (κ2) is 9.38. The summed E-state index contributed by atoms with van der Waals surface area (Å²) in [4.78, 5) is 13.1. The highest BCUT2D eigenvalue weighted by Gasteiger charge is 2.34. The van der Waals surface area contributed by atoms with E-state index in [1.165, 1.54) is 5.56 Å². The zero-order valence-electron chi connectivity index (χ0n) is 15.5. The van der Waals surface area contributed by atoms with Gasteiger partial charge in [-0.3, -0.25) is 9.69 Å². The molecule has 4 heteroatoms. The van der Waals surface area contributed by atoms with Crippen molar-refractivity contribution in [3.63, 3.8) is 0 Å². The molecule has 2 aromatic rings. The van der Waals surface area contributed by atoms with Crippen molar-refractivity contribution in [2.75, 3.05) is 13.1 Å². The number of aromatic hydroxyl groups is 1. The average molecular weight is 365 g/mol. The summed E-state index contributed by atoms with van der Waals surface area (Å²) in [6, 6.07) is 18.1. The fraction of sp³-hybridized carbons (Fsp3) is 0.348. The molecule has 0 amide bonds. The van der Waals surface area contributed by atoms with E-state index in [1.807, 2.05) is 30.3 Å². The average Bonchev–Trinajstić information content (AvgIpc) is 3.05. The summed E-state index contributed by atoms with van der Waals surface area (Å²) in [6.07, 6.45) is 5.70. The first-order chi connectivity index (χ1) is 13.1. The summed E-state index contributed by atoms with van der Waals surface area (Å²) < 4.78 is 0. The Balaban J connectivity index is 1.69. The topological polar surface area (TPSA) is 60.8 Å². The van der Waals surface area contributed by atoms with Gasteiger partial charge in [-0.1, -0.05) is 60.7 Å². The number of para-hydroxylation sites is 1. The van der Waals surface area contributed by atoms with E-state index in [1.54, 1.807) is 6.07 Å². The molecule has 4 nitrogen and oxygen atoms in total. The maximum atomic E-state index is 10.6. The molecular formula is C23H27NO3. The zero-order valence-corrected chi connectivity index (χ0v) is 15.5. The smallest absolute Gasteiger partial charge is 0.303 e. The van der Waals surface area contributed by atoms with Gasteiger partial charge in [0.15, 0.2) is 0 Å². The molecule has 1 aliphatic heterocycles. The second-order valence-corrected chi connectivity index (χ2v) is 7.24. The van der Waals surface area contributed by atoms with Crippen LogP contribution < -0.4 is 0 Å². The van der Waals surface area contributed by atoms with Gasteiger partial charge < -0.3 is 10.2 Å². The first-order valence-corrected chi connectivity index (χ1v) is 9.54. The Bertz CT molecular complexity index is 772. The highest BCUT2D eigenvalue weighted by molar-refractivity contribution is 5.66. The SMILES string of the molecule is O=C(O)CC/C=C\CC1CN(Cc2ccccc2)CC1c1ccccc1O. The Kier molecular flexibility index (Phi) is 6.66. The monoisotopic (exact) mass is 365 g/mol. The molecule has 1 heterocycles. The second-order valence-electron chi connectivity index (χ2n) is 7.24. The standard InChI is InChI=1S/C23H27NO3/c25-22-13-8-7-12-20(22)21-17-24(15-18-9-3-1-4-10-18)16-19(21)11-5-2-6-14-23(26)27/h1-5,7-10,12-13,19,21,25H,6,11,14-17H2,(H,26,27)/b5-2-. The van der Waals surface area contributed by atoms with Gasteiger partial charge in [-0.2, -0.15) is 0 Å². The van der Waals surface area contributed by atoms with Gasteiger partial charge in [-0.25, -0.2) is 0 Å². The molecule has 2 aromatic carbocycles. The molecule has 0 radical (unpaired) electrons. The largest absolute Gasteiger partial charge is 0.508 e. The molecule has 0 bridgehead atoms. The first kappa shape index (κ1) is 19.2. The first-order valence-electron chi connectivity index (χ1n) is 9.54. The molecule has 0 saturated carbocycles. The number of likely N-dealkylation sites (tertiary alicyclic amines) is 1. The van der Waals surface area contributed by atoms with E-state index in [0.717, 1.165) is 31.6 Å². The van der Waals surface area contributed by atoms with Gasteiger partial charge in [0, 0.05) is 32.0 Å². The van der Waals surface area contributed by atoms with Crippen molar-refractivity contribution in [1.82, 2.24) is 4.90 Å². The minimum absolute atomic E-state index is 0.171. The van der Waals surface area contributed by atoms with Gasteiger partial charge in [0.25, 0.3) is 0 Å². The Morgan fingerprint density at radius 1 is 1.04 bits per heavy atom. The van der Waals surface area contributed by atoms with Crippen LogP contribution in [0.1, 0.15) is 36.3 Å². The molecule has 27 heavy (non-hydrogen) atoms. The van der Waals surface area contributed by atoms with Crippen molar-refractivity contribution in [3.05, 3.63) is 77.9 Å². The minimum atomic E-state index is -0.762. The number of hydrogen-bond donors (Lipinski definition) is 2. The lowest BCUT2D eigenvalue weighted by atomic mass is 9.86. The summed E-state index contributed by atoms with van der Waals surface area (Å²) in [5.41, 5.74) is 2.31. The fourth-order valence-electron chi connectivity index (χ4n) is 3.92. The van der Waals surface area contributed by atoms with Gasteiger partial charge in [-0.05, 0) is 36.0 Å². The van der Waals surface area contributed by atoms with Gasteiger partial charge >= 0.3 is 5.97 Å². The van der Waals surface area contributed by atoms with Crippen LogP contribution in [0, 0.1) is 5.92 Å². The van der Waals surface area contributed by atoms with Crippen molar-refractivity contribution >= 4 is 5.97 Å². The Morgan fingerprint density at radius 2 is 1.78 bits per heavy atom. The van der Waals surface area contributed by atoms with Crippen molar-refractivity contribution < 1.29 is 15.0 Å². The van der Waals surface area contributed by atoms with Crippen LogP contribution in [0.25, 0.3) is 0 Å². The third-order valence-corrected chi connectivity index (χ3v) is 5.23. The number of aliphatic carboxylic acids is 1. The number of phenols is 1. The molecular weight excluding hydrogens is 338 g/mol. The van der Waals surface area contributed by atoms with Crippen molar-refractivity contribution in [2.24, 2.45) is 5.92 Å². The van der Waals surface area contributed by atoms with Crippen LogP contribution in [-0.2, 0) is 11.3 Å². The van der Waals surface area contributed by atoms with Crippen LogP contribution in [0.15, 0.2) is 66.7 Å². The van der Waals surface area contributed by atoms with E-state index < -0.39 is 5.97 Å². The Hall–Kier alpha value is -2.59. The van der Waals surface area contributed by atoms with E-state index in [-0.39, 0.29) is 12.3 Å². The number of carboxylic acid groups (broad SMARTS) is 1. The molecule has 3 rings (SSSR count). The number of rotatable bonds is 8. The number of carbonyl (C=O) groups is 1. The summed E-state index contributed by atoms with van der Waals surface area (Å²) in [5, 5.41) is 19.1. The van der Waals surface area contributed by atoms with E-state index >= 15 is 0 Å². The predicted molar refractivity (Wildman–Crippen MR) is 107 cm³/mol. The van der Waals surface area contributed by atoms with Crippen LogP contribution in [0.4, 0.5) is 0 Å². The minimum Gasteiger partial charge on any atom is -0.508 e. The Morgan fingerprint density at radius 3 is 2.52 bits per heavy atom. The van der Waals surface area contributed by atoms with Crippen molar-refractivity contribution in [1.29, 1.82) is 0 Å². The van der Waals surface area contributed by atoms with E-state index in [2.05, 4.69) is 35.2 Å². The van der Waals surface area contributed by atoms with Gasteiger partial charge in [-0.15, -0.1) is 0 Å². The normalized spacial score (nSPS) is 20.3. The highest BCUT2D eigenvalue weighted by atomic mass is 16.4. The quantitative estimate of drug-likeness (QED) is 0.680. The Labute approximate surface area is 160 Å². The number of benzene rings is 2. The van der Waals surface area contributed by atoms with E-state index in [9.17, 15) is 9.90 Å². The third kappa shape index (κ3) is 5.44. The van der Waals surface area contributed by atoms with E-state index in [4.69, 9.17) is 5.11 Å². The highest BCUT2D eigenvalue weighted by Crippen LogP contribution is 2.39. The van der Waals surface area contributed by atoms with Crippen LogP contribution in [0.5, 0.6) is 5.75 Å². The summed E-state index contributed by atoms with van der Waals surface area (Å²) in [6.45, 7) is 2.79. The number of nitrogens with zero attached hydrogens (tertiary/aromatic N) is 1. The molecule has 142 valence electrons. The van der Waals surface area contributed by atoms with Gasteiger partial charge in [0.2, 0.25) is 0 Å². The van der Waals surface area contributed by atoms with Crippen molar-refractivity contribution in [2.45, 2.75) is 31.7 Å². The molecule has 0 spiro atoms. The number of hydrogen-bond acceptors (Lipinski definition) is 3. The van der Waals surface area contributed by atoms with Crippen LogP contribution in [0.3, 0.4) is 0 Å². The van der Waals surface area contributed by atoms with Gasteiger partial charge in [0.1, 0.15) is 5.75 Å². The van der Waals surface area contributed by atoms with Gasteiger partial charge in [0.05, 0.1) is 0 Å². The molecule has 1 saturated heterocycles. The summed E-state index contributed by atoms with van der Waals surface area (Å²) >= 11 is 0. The maximum absolute atomic E-state index is 10.6. The molecule has 2 unspecified atom stereocenters. The molecule has 0 aliphatic carbocycles. The lowest BCUT2D eigenvalue weighted by molar-refractivity contribution is -0.136. The van der Waals surface area contributed by atoms with E-state index in [0.29, 0.717) is 18.1 Å². The number of phenolic OH excluding ortho intramolecular Hbond substituents is 1. The molecule has 0 aromatic heterocycles. The van der Waals surface area contributed by atoms with Crippen molar-refractivity contribution in [3.8, 4) is 5.75 Å². The van der Waals surface area contributed by atoms with Crippen LogP contribution in [0.2, 0.25) is 0 Å². The lowest BCUT2D eigenvalue weighted by Crippen LogP contribution is -2.20. The molecule has 1 fully saturated rings. The van der Waals surface area contributed by atoms with Crippen LogP contribution >= 0.6 is 0 Å². The molecule has 1 aliphatic rings. The number of allylic oxidation sites excluding steroid dienone is 2. The molecule has 2 atom stereocenters. The molecule has 2 N–H and O–H groups in total. The number of carboxylic acids is 1. The predicted octanol–water partition coefficient (Wildman–Crippen LogP) is 4.42. The fourth-order valence-corrected chi connectivity index (χ4v) is 3.92. The maximum Gasteiger partial charge on any atom is 0.303 e. The van der Waals surface area contributed by atoms with Crippen LogP contribution in [-0.4, -0.2) is 34.2 Å².